The normalized spacial score (nSPS) is 24.6. The highest BCUT2D eigenvalue weighted by Crippen LogP contribution is 2.18. The molecule has 1 heterocycles. The Morgan fingerprint density at radius 3 is 3.00 bits per heavy atom. The van der Waals surface area contributed by atoms with Crippen molar-refractivity contribution in [1.82, 2.24) is 5.32 Å². The van der Waals surface area contributed by atoms with Gasteiger partial charge in [-0.15, -0.1) is 11.8 Å². The van der Waals surface area contributed by atoms with Crippen molar-refractivity contribution in [1.29, 1.82) is 0 Å². The molecule has 1 fully saturated rings. The van der Waals surface area contributed by atoms with E-state index in [-0.39, 0.29) is 6.10 Å². The summed E-state index contributed by atoms with van der Waals surface area (Å²) < 4.78 is 5.33. The van der Waals surface area contributed by atoms with Crippen molar-refractivity contribution in [3.8, 4) is 11.8 Å². The second-order valence-corrected chi connectivity index (χ2v) is 3.54. The summed E-state index contributed by atoms with van der Waals surface area (Å²) in [6.07, 6.45) is 1.71. The molecule has 15 heavy (non-hydrogen) atoms. The Kier molecular flexibility index (Phi) is 5.16. The minimum Gasteiger partial charge on any atom is -0.479 e. The third-order valence-electron chi connectivity index (χ3n) is 2.36. The van der Waals surface area contributed by atoms with Crippen LogP contribution >= 0.6 is 0 Å². The number of rotatable bonds is 5. The number of ether oxygens (including phenoxy) is 1. The molecule has 84 valence electrons. The molecule has 4 nitrogen and oxygen atoms in total. The first-order valence-electron chi connectivity index (χ1n) is 5.22. The number of hydrogen-bond donors (Lipinski definition) is 2. The molecule has 0 saturated carbocycles. The molecule has 0 spiro atoms. The molecule has 2 atom stereocenters. The first-order chi connectivity index (χ1) is 7.24. The van der Waals surface area contributed by atoms with Crippen molar-refractivity contribution in [2.75, 3.05) is 13.1 Å². The van der Waals surface area contributed by atoms with Crippen LogP contribution < -0.4 is 5.32 Å². The molecule has 1 rings (SSSR count). The molecule has 0 aromatic rings. The highest BCUT2D eigenvalue weighted by atomic mass is 16.5. The molecular weight excluding hydrogens is 194 g/mol. The molecule has 0 radical (unpaired) electrons. The SMILES string of the molecule is CC#CCCNCC1CCC(C(=O)O)O1. The molecule has 0 aromatic heterocycles. The van der Waals surface area contributed by atoms with Crippen molar-refractivity contribution >= 4 is 5.97 Å². The highest BCUT2D eigenvalue weighted by molar-refractivity contribution is 5.72. The van der Waals surface area contributed by atoms with E-state index in [1.165, 1.54) is 0 Å². The molecule has 0 bridgehead atoms. The monoisotopic (exact) mass is 211 g/mol. The van der Waals surface area contributed by atoms with Gasteiger partial charge in [0.15, 0.2) is 6.10 Å². The fourth-order valence-electron chi connectivity index (χ4n) is 1.58. The summed E-state index contributed by atoms with van der Waals surface area (Å²) in [6.45, 7) is 3.37. The Hall–Kier alpha value is -1.05. The number of carboxylic acid groups (broad SMARTS) is 1. The quantitative estimate of drug-likeness (QED) is 0.517. The van der Waals surface area contributed by atoms with Crippen LogP contribution in [0, 0.1) is 11.8 Å². The maximum atomic E-state index is 10.6. The maximum Gasteiger partial charge on any atom is 0.332 e. The second kappa shape index (κ2) is 6.44. The van der Waals surface area contributed by atoms with Crippen LogP contribution in [0.15, 0.2) is 0 Å². The average Bonchev–Trinajstić information content (AvgIpc) is 2.66. The first-order valence-corrected chi connectivity index (χ1v) is 5.22. The molecular formula is C11H17NO3. The molecule has 1 aliphatic heterocycles. The van der Waals surface area contributed by atoms with Gasteiger partial charge in [0, 0.05) is 19.5 Å². The van der Waals surface area contributed by atoms with E-state index >= 15 is 0 Å². The van der Waals surface area contributed by atoms with Crippen LogP contribution in [0.5, 0.6) is 0 Å². The van der Waals surface area contributed by atoms with Crippen LogP contribution in [0.3, 0.4) is 0 Å². The fourth-order valence-corrected chi connectivity index (χ4v) is 1.58. The second-order valence-electron chi connectivity index (χ2n) is 3.54. The van der Waals surface area contributed by atoms with E-state index in [0.29, 0.717) is 6.42 Å². The van der Waals surface area contributed by atoms with Crippen molar-refractivity contribution in [3.05, 3.63) is 0 Å². The lowest BCUT2D eigenvalue weighted by Crippen LogP contribution is -2.29. The smallest absolute Gasteiger partial charge is 0.332 e. The van der Waals surface area contributed by atoms with E-state index in [9.17, 15) is 4.79 Å². The zero-order valence-electron chi connectivity index (χ0n) is 8.95. The van der Waals surface area contributed by atoms with Gasteiger partial charge in [-0.3, -0.25) is 0 Å². The van der Waals surface area contributed by atoms with E-state index in [0.717, 1.165) is 25.9 Å². The highest BCUT2D eigenvalue weighted by Gasteiger charge is 2.29. The van der Waals surface area contributed by atoms with Crippen LogP contribution in [-0.4, -0.2) is 36.4 Å². The molecule has 2 unspecified atom stereocenters. The van der Waals surface area contributed by atoms with Crippen LogP contribution in [0.4, 0.5) is 0 Å². The minimum atomic E-state index is -0.852. The van der Waals surface area contributed by atoms with Gasteiger partial charge < -0.3 is 15.2 Å². The first kappa shape index (κ1) is 12.0. The van der Waals surface area contributed by atoms with Gasteiger partial charge >= 0.3 is 5.97 Å². The summed E-state index contributed by atoms with van der Waals surface area (Å²) in [5.41, 5.74) is 0. The van der Waals surface area contributed by atoms with Gasteiger partial charge in [-0.25, -0.2) is 4.79 Å². The topological polar surface area (TPSA) is 58.6 Å². The van der Waals surface area contributed by atoms with Crippen LogP contribution in [0.1, 0.15) is 26.2 Å². The molecule has 0 aliphatic carbocycles. The average molecular weight is 211 g/mol. The van der Waals surface area contributed by atoms with Crippen molar-refractivity contribution in [2.24, 2.45) is 0 Å². The Balaban J connectivity index is 2.08. The van der Waals surface area contributed by atoms with E-state index < -0.39 is 12.1 Å². The van der Waals surface area contributed by atoms with Crippen molar-refractivity contribution < 1.29 is 14.6 Å². The molecule has 1 saturated heterocycles. The van der Waals surface area contributed by atoms with Gasteiger partial charge in [-0.2, -0.15) is 0 Å². The zero-order valence-corrected chi connectivity index (χ0v) is 8.95. The van der Waals surface area contributed by atoms with Gasteiger partial charge in [0.2, 0.25) is 0 Å². The third-order valence-corrected chi connectivity index (χ3v) is 2.36. The largest absolute Gasteiger partial charge is 0.479 e. The third kappa shape index (κ3) is 4.32. The zero-order chi connectivity index (χ0) is 11.1. The van der Waals surface area contributed by atoms with Gasteiger partial charge in [-0.1, -0.05) is 0 Å². The Bertz CT molecular complexity index is 267. The van der Waals surface area contributed by atoms with Crippen LogP contribution in [-0.2, 0) is 9.53 Å². The number of nitrogens with one attached hydrogen (secondary N) is 1. The Morgan fingerprint density at radius 2 is 2.40 bits per heavy atom. The summed E-state index contributed by atoms with van der Waals surface area (Å²) in [7, 11) is 0. The minimum absolute atomic E-state index is 0.0423. The van der Waals surface area contributed by atoms with Gasteiger partial charge in [0.05, 0.1) is 6.10 Å². The summed E-state index contributed by atoms with van der Waals surface area (Å²) >= 11 is 0. The van der Waals surface area contributed by atoms with Crippen molar-refractivity contribution in [3.63, 3.8) is 0 Å². The number of hydrogen-bond acceptors (Lipinski definition) is 3. The lowest BCUT2D eigenvalue weighted by Gasteiger charge is -2.11. The van der Waals surface area contributed by atoms with E-state index in [4.69, 9.17) is 9.84 Å². The standard InChI is InChI=1S/C11H17NO3/c1-2-3-4-7-12-8-9-5-6-10(15-9)11(13)14/h9-10,12H,4-8H2,1H3,(H,13,14). The molecule has 0 amide bonds. The van der Waals surface area contributed by atoms with E-state index in [1.807, 2.05) is 6.92 Å². The summed E-state index contributed by atoms with van der Waals surface area (Å²) in [6, 6.07) is 0. The van der Waals surface area contributed by atoms with Gasteiger partial charge in [0.25, 0.3) is 0 Å². The lowest BCUT2D eigenvalue weighted by atomic mass is 10.2. The van der Waals surface area contributed by atoms with E-state index in [2.05, 4.69) is 17.2 Å². The fraction of sp³-hybridized carbons (Fsp3) is 0.727. The summed E-state index contributed by atoms with van der Waals surface area (Å²) in [5.74, 6) is 4.92. The number of carboxylic acids is 1. The predicted molar refractivity (Wildman–Crippen MR) is 56.5 cm³/mol. The van der Waals surface area contributed by atoms with E-state index in [1.54, 1.807) is 0 Å². The Morgan fingerprint density at radius 1 is 1.60 bits per heavy atom. The maximum absolute atomic E-state index is 10.6. The number of carbonyl (C=O) groups is 1. The summed E-state index contributed by atoms with van der Waals surface area (Å²) in [5, 5.41) is 11.9. The van der Waals surface area contributed by atoms with Crippen LogP contribution in [0.25, 0.3) is 0 Å². The summed E-state index contributed by atoms with van der Waals surface area (Å²) in [4.78, 5) is 10.6. The predicted octanol–water partition coefficient (Wildman–Crippen LogP) is 0.622. The molecule has 0 aromatic carbocycles. The van der Waals surface area contributed by atoms with Gasteiger partial charge in [0.1, 0.15) is 0 Å². The van der Waals surface area contributed by atoms with Crippen LogP contribution in [0.2, 0.25) is 0 Å². The Labute approximate surface area is 90.0 Å². The van der Waals surface area contributed by atoms with Gasteiger partial charge in [-0.05, 0) is 19.8 Å². The number of aliphatic carboxylic acids is 1. The molecule has 2 N–H and O–H groups in total. The van der Waals surface area contributed by atoms with Crippen molar-refractivity contribution in [2.45, 2.75) is 38.4 Å². The molecule has 4 heteroatoms. The lowest BCUT2D eigenvalue weighted by molar-refractivity contribution is -0.149. The molecule has 1 aliphatic rings.